The van der Waals surface area contributed by atoms with Crippen LogP contribution in [0.25, 0.3) is 0 Å². The summed E-state index contributed by atoms with van der Waals surface area (Å²) in [4.78, 5) is 49.6. The molecule has 2 aromatic rings. The minimum absolute atomic E-state index is 0.00726. The van der Waals surface area contributed by atoms with Gasteiger partial charge in [-0.1, -0.05) is 0 Å². The van der Waals surface area contributed by atoms with Crippen LogP contribution in [0.4, 0.5) is 11.4 Å². The van der Waals surface area contributed by atoms with E-state index in [9.17, 15) is 34.5 Å². The number of carbonyl (C=O) groups is 4. The standard InChI is InChI=1S/C26H35N5O10/c27-18-5-14(23(37)29-2-1-20(34)11-32)3-15(6-18)24(38)31-10-22(36)13-41-26(40)17-4-16(7-19(28)8-17)25(39)30-9-21(35)12-33/h3-8,20-22,32-36H,1-2,9-13,27-28H2,(H,29,37)(H,30,39)(H,31,38). The molecule has 15 heteroatoms. The molecule has 0 aromatic heterocycles. The van der Waals surface area contributed by atoms with E-state index in [1.807, 2.05) is 0 Å². The zero-order chi connectivity index (χ0) is 30.5. The van der Waals surface area contributed by atoms with Gasteiger partial charge in [-0.3, -0.25) is 14.4 Å². The first-order chi connectivity index (χ1) is 19.4. The molecular formula is C26H35N5O10. The predicted molar refractivity (Wildman–Crippen MR) is 146 cm³/mol. The van der Waals surface area contributed by atoms with E-state index in [0.717, 1.165) is 0 Å². The first-order valence-electron chi connectivity index (χ1n) is 12.5. The number of ether oxygens (including phenoxy) is 1. The first-order valence-corrected chi connectivity index (χ1v) is 12.5. The number of nitrogens with one attached hydrogen (secondary N) is 3. The fourth-order valence-electron chi connectivity index (χ4n) is 3.36. The molecule has 224 valence electrons. The molecule has 3 atom stereocenters. The topological polar surface area (TPSA) is 267 Å². The average molecular weight is 578 g/mol. The number of rotatable bonds is 15. The highest BCUT2D eigenvalue weighted by molar-refractivity contribution is 6.01. The maximum atomic E-state index is 12.6. The lowest BCUT2D eigenvalue weighted by Gasteiger charge is -2.14. The molecule has 3 amide bonds. The van der Waals surface area contributed by atoms with Crippen molar-refractivity contribution >= 4 is 35.1 Å². The van der Waals surface area contributed by atoms with Crippen LogP contribution in [0.5, 0.6) is 0 Å². The van der Waals surface area contributed by atoms with Crippen molar-refractivity contribution in [1.82, 2.24) is 16.0 Å². The smallest absolute Gasteiger partial charge is 0.338 e. The third kappa shape index (κ3) is 11.0. The molecule has 2 aromatic carbocycles. The summed E-state index contributed by atoms with van der Waals surface area (Å²) < 4.78 is 5.06. The molecule has 0 spiro atoms. The lowest BCUT2D eigenvalue weighted by molar-refractivity contribution is 0.0259. The number of aliphatic hydroxyl groups excluding tert-OH is 5. The van der Waals surface area contributed by atoms with Crippen LogP contribution in [-0.2, 0) is 4.74 Å². The Hall–Kier alpha value is -4.28. The zero-order valence-corrected chi connectivity index (χ0v) is 22.1. The predicted octanol–water partition coefficient (Wildman–Crippen LogP) is -2.65. The van der Waals surface area contributed by atoms with Gasteiger partial charge in [-0.25, -0.2) is 4.79 Å². The molecule has 41 heavy (non-hydrogen) atoms. The number of anilines is 2. The SMILES string of the molecule is Nc1cc(C(=O)NCCC(O)CO)cc(C(=O)NCC(O)COC(=O)c2cc(N)cc(C(=O)NCC(O)CO)c2)c1. The van der Waals surface area contributed by atoms with E-state index < -0.39 is 61.8 Å². The third-order valence-corrected chi connectivity index (χ3v) is 5.52. The van der Waals surface area contributed by atoms with E-state index in [0.29, 0.717) is 0 Å². The largest absolute Gasteiger partial charge is 0.459 e. The minimum Gasteiger partial charge on any atom is -0.459 e. The molecule has 0 fully saturated rings. The van der Waals surface area contributed by atoms with Gasteiger partial charge in [0.15, 0.2) is 0 Å². The van der Waals surface area contributed by atoms with Crippen molar-refractivity contribution in [2.24, 2.45) is 0 Å². The van der Waals surface area contributed by atoms with E-state index in [-0.39, 0.29) is 59.7 Å². The molecule has 0 aliphatic heterocycles. The van der Waals surface area contributed by atoms with Gasteiger partial charge in [-0.15, -0.1) is 0 Å². The van der Waals surface area contributed by atoms with Gasteiger partial charge in [0, 0.05) is 47.7 Å². The number of nitrogens with two attached hydrogens (primary N) is 2. The van der Waals surface area contributed by atoms with Gasteiger partial charge in [0.2, 0.25) is 0 Å². The van der Waals surface area contributed by atoms with Crippen molar-refractivity contribution in [3.05, 3.63) is 58.7 Å². The van der Waals surface area contributed by atoms with Gasteiger partial charge in [0.25, 0.3) is 17.7 Å². The normalized spacial score (nSPS) is 13.0. The van der Waals surface area contributed by atoms with Crippen LogP contribution < -0.4 is 27.4 Å². The fourth-order valence-corrected chi connectivity index (χ4v) is 3.36. The van der Waals surface area contributed by atoms with E-state index >= 15 is 0 Å². The van der Waals surface area contributed by atoms with E-state index in [1.54, 1.807) is 0 Å². The lowest BCUT2D eigenvalue weighted by atomic mass is 10.1. The van der Waals surface area contributed by atoms with Crippen LogP contribution in [0.2, 0.25) is 0 Å². The second-order valence-electron chi connectivity index (χ2n) is 9.08. The van der Waals surface area contributed by atoms with Crippen LogP contribution in [0.1, 0.15) is 47.9 Å². The van der Waals surface area contributed by atoms with Crippen molar-refractivity contribution in [3.63, 3.8) is 0 Å². The molecule has 15 nitrogen and oxygen atoms in total. The quantitative estimate of drug-likeness (QED) is 0.0768. The molecule has 2 rings (SSSR count). The summed E-state index contributed by atoms with van der Waals surface area (Å²) in [5, 5.41) is 53.9. The average Bonchev–Trinajstić information content (AvgIpc) is 2.96. The van der Waals surface area contributed by atoms with Crippen LogP contribution in [0, 0.1) is 0 Å². The Morgan fingerprint density at radius 3 is 1.61 bits per heavy atom. The maximum absolute atomic E-state index is 12.6. The van der Waals surface area contributed by atoms with Gasteiger partial charge in [-0.05, 0) is 42.8 Å². The highest BCUT2D eigenvalue weighted by Crippen LogP contribution is 2.15. The monoisotopic (exact) mass is 577 g/mol. The minimum atomic E-state index is -1.31. The number of esters is 1. The van der Waals surface area contributed by atoms with E-state index in [4.69, 9.17) is 26.4 Å². The Labute approximate surface area is 235 Å². The summed E-state index contributed by atoms with van der Waals surface area (Å²) in [6, 6.07) is 7.73. The Bertz CT molecular complexity index is 1230. The van der Waals surface area contributed by atoms with Crippen LogP contribution in [0.3, 0.4) is 0 Å². The number of amides is 3. The molecule has 0 aliphatic rings. The van der Waals surface area contributed by atoms with Crippen molar-refractivity contribution in [2.45, 2.75) is 24.7 Å². The number of hydrogen-bond acceptors (Lipinski definition) is 12. The van der Waals surface area contributed by atoms with Gasteiger partial charge in [-0.2, -0.15) is 0 Å². The molecular weight excluding hydrogens is 542 g/mol. The van der Waals surface area contributed by atoms with Crippen molar-refractivity contribution in [2.75, 3.05) is 50.9 Å². The second-order valence-corrected chi connectivity index (χ2v) is 9.08. The van der Waals surface area contributed by atoms with Gasteiger partial charge in [0.1, 0.15) is 12.7 Å². The first kappa shape index (κ1) is 32.9. The summed E-state index contributed by atoms with van der Waals surface area (Å²) in [7, 11) is 0. The van der Waals surface area contributed by atoms with E-state index in [2.05, 4.69) is 16.0 Å². The molecule has 0 bridgehead atoms. The summed E-state index contributed by atoms with van der Waals surface area (Å²) in [6.45, 7) is -1.96. The molecule has 12 N–H and O–H groups in total. The fraction of sp³-hybridized carbons (Fsp3) is 0.385. The van der Waals surface area contributed by atoms with Crippen molar-refractivity contribution in [1.29, 1.82) is 0 Å². The Balaban J connectivity index is 1.90. The number of aliphatic hydroxyl groups is 5. The Kier molecular flexibility index (Phi) is 12.9. The Morgan fingerprint density at radius 1 is 0.659 bits per heavy atom. The highest BCUT2D eigenvalue weighted by atomic mass is 16.5. The number of hydrogen-bond donors (Lipinski definition) is 10. The molecule has 0 saturated heterocycles. The number of benzene rings is 2. The second kappa shape index (κ2) is 16.1. The number of nitrogen functional groups attached to an aromatic ring is 2. The van der Waals surface area contributed by atoms with Crippen LogP contribution in [-0.4, -0.2) is 107 Å². The Morgan fingerprint density at radius 2 is 1.10 bits per heavy atom. The number of carbonyl (C=O) groups excluding carboxylic acids is 4. The summed E-state index contributed by atoms with van der Waals surface area (Å²) >= 11 is 0. The molecule has 0 aliphatic carbocycles. The highest BCUT2D eigenvalue weighted by Gasteiger charge is 2.18. The summed E-state index contributed by atoms with van der Waals surface area (Å²) in [6.07, 6.45) is -3.31. The zero-order valence-electron chi connectivity index (χ0n) is 22.1. The maximum Gasteiger partial charge on any atom is 0.338 e. The molecule has 0 saturated carbocycles. The van der Waals surface area contributed by atoms with Crippen molar-refractivity contribution < 1.29 is 49.4 Å². The molecule has 3 unspecified atom stereocenters. The van der Waals surface area contributed by atoms with Crippen molar-refractivity contribution in [3.8, 4) is 0 Å². The summed E-state index contributed by atoms with van der Waals surface area (Å²) in [5.41, 5.74) is 11.8. The van der Waals surface area contributed by atoms with Gasteiger partial charge >= 0.3 is 5.97 Å². The molecule has 0 heterocycles. The van der Waals surface area contributed by atoms with Gasteiger partial charge in [0.05, 0.1) is 31.0 Å². The lowest BCUT2D eigenvalue weighted by Crippen LogP contribution is -2.35. The van der Waals surface area contributed by atoms with Crippen LogP contribution >= 0.6 is 0 Å². The van der Waals surface area contributed by atoms with Gasteiger partial charge < -0.3 is 57.7 Å². The third-order valence-electron chi connectivity index (χ3n) is 5.52. The van der Waals surface area contributed by atoms with E-state index in [1.165, 1.54) is 36.4 Å². The summed E-state index contributed by atoms with van der Waals surface area (Å²) in [5.74, 6) is -2.76. The van der Waals surface area contributed by atoms with Crippen LogP contribution in [0.15, 0.2) is 36.4 Å². The molecule has 0 radical (unpaired) electrons.